The van der Waals surface area contributed by atoms with Crippen molar-refractivity contribution in [3.8, 4) is 0 Å². The first kappa shape index (κ1) is 16.6. The minimum atomic E-state index is 0.719. The highest BCUT2D eigenvalue weighted by Gasteiger charge is 2.07. The van der Waals surface area contributed by atoms with Gasteiger partial charge in [-0.1, -0.05) is 52.4 Å². The van der Waals surface area contributed by atoms with E-state index in [0.29, 0.717) is 0 Å². The second-order valence-corrected chi connectivity index (χ2v) is 6.09. The van der Waals surface area contributed by atoms with Crippen LogP contribution in [-0.2, 0) is 6.42 Å². The molecule has 0 atom stereocenters. The molecule has 0 aromatic carbocycles. The summed E-state index contributed by atoms with van der Waals surface area (Å²) in [6.45, 7) is 5.64. The Hall–Kier alpha value is -0.410. The second-order valence-electron chi connectivity index (χ2n) is 5.37. The molecule has 2 nitrogen and oxygen atoms in total. The third-order valence-electron chi connectivity index (χ3n) is 3.61. The Labute approximate surface area is 123 Å². The monoisotopic (exact) mass is 282 g/mol. The fourth-order valence-corrected chi connectivity index (χ4v) is 2.99. The molecule has 19 heavy (non-hydrogen) atoms. The van der Waals surface area contributed by atoms with Crippen LogP contribution in [0.25, 0.3) is 0 Å². The van der Waals surface area contributed by atoms with E-state index in [1.807, 2.05) is 5.51 Å². The predicted molar refractivity (Wildman–Crippen MR) is 85.9 cm³/mol. The lowest BCUT2D eigenvalue weighted by Crippen LogP contribution is -2.31. The van der Waals surface area contributed by atoms with Crippen LogP contribution in [0.4, 0.5) is 0 Å². The number of aromatic nitrogens is 1. The van der Waals surface area contributed by atoms with Gasteiger partial charge in [-0.2, -0.15) is 0 Å². The van der Waals surface area contributed by atoms with Crippen molar-refractivity contribution in [1.29, 1.82) is 0 Å². The second kappa shape index (κ2) is 11.4. The first-order chi connectivity index (χ1) is 9.36. The molecule has 0 amide bonds. The largest absolute Gasteiger partial charge is 0.314 e. The quantitative estimate of drug-likeness (QED) is 0.557. The van der Waals surface area contributed by atoms with E-state index in [2.05, 4.69) is 29.5 Å². The minimum absolute atomic E-state index is 0.719. The molecule has 1 rings (SSSR count). The molecule has 1 aromatic rings. The van der Waals surface area contributed by atoms with E-state index in [4.69, 9.17) is 0 Å². The summed E-state index contributed by atoms with van der Waals surface area (Å²) in [6.07, 6.45) is 11.9. The molecular weight excluding hydrogens is 252 g/mol. The van der Waals surface area contributed by atoms with Crippen molar-refractivity contribution in [2.24, 2.45) is 0 Å². The first-order valence-corrected chi connectivity index (χ1v) is 8.91. The summed E-state index contributed by atoms with van der Waals surface area (Å²) < 4.78 is 0. The maximum Gasteiger partial charge on any atom is 0.0794 e. The number of nitrogens with zero attached hydrogens (tertiary/aromatic N) is 1. The summed E-state index contributed by atoms with van der Waals surface area (Å²) in [5.74, 6) is 0. The zero-order valence-corrected chi connectivity index (χ0v) is 13.5. The summed E-state index contributed by atoms with van der Waals surface area (Å²) in [6, 6.07) is 0.719. The first-order valence-electron chi connectivity index (χ1n) is 7.97. The molecule has 0 saturated heterocycles. The molecule has 1 aromatic heterocycles. The van der Waals surface area contributed by atoms with E-state index < -0.39 is 0 Å². The van der Waals surface area contributed by atoms with Gasteiger partial charge in [-0.25, -0.2) is 4.98 Å². The highest BCUT2D eigenvalue weighted by molar-refractivity contribution is 7.07. The van der Waals surface area contributed by atoms with Gasteiger partial charge in [0.1, 0.15) is 0 Å². The molecule has 0 saturated carbocycles. The van der Waals surface area contributed by atoms with Crippen LogP contribution in [0.5, 0.6) is 0 Å². The number of rotatable bonds is 12. The van der Waals surface area contributed by atoms with Crippen LogP contribution >= 0.6 is 11.3 Å². The lowest BCUT2D eigenvalue weighted by atomic mass is 10.0. The van der Waals surface area contributed by atoms with Gasteiger partial charge in [-0.3, -0.25) is 0 Å². The standard InChI is InChI=1S/C16H30N2S/c1-3-5-7-9-15(10-8-6-4-2)17-12-11-16-13-19-14-18-16/h13-15,17H,3-12H2,1-2H3. The molecule has 1 heterocycles. The molecule has 0 unspecified atom stereocenters. The van der Waals surface area contributed by atoms with Crippen molar-refractivity contribution in [3.63, 3.8) is 0 Å². The Morgan fingerprint density at radius 2 is 1.79 bits per heavy atom. The van der Waals surface area contributed by atoms with Gasteiger partial charge in [-0.15, -0.1) is 11.3 Å². The number of thiazole rings is 1. The molecule has 0 aliphatic heterocycles. The van der Waals surface area contributed by atoms with Gasteiger partial charge in [0.15, 0.2) is 0 Å². The summed E-state index contributed by atoms with van der Waals surface area (Å²) in [4.78, 5) is 4.34. The third-order valence-corrected chi connectivity index (χ3v) is 4.25. The van der Waals surface area contributed by atoms with Crippen molar-refractivity contribution in [2.75, 3.05) is 6.54 Å². The number of hydrogen-bond acceptors (Lipinski definition) is 3. The van der Waals surface area contributed by atoms with Crippen molar-refractivity contribution in [2.45, 2.75) is 77.7 Å². The Kier molecular flexibility index (Phi) is 10.0. The van der Waals surface area contributed by atoms with Gasteiger partial charge < -0.3 is 5.32 Å². The zero-order valence-electron chi connectivity index (χ0n) is 12.7. The van der Waals surface area contributed by atoms with E-state index in [1.165, 1.54) is 57.1 Å². The Morgan fingerprint density at radius 3 is 2.32 bits per heavy atom. The average molecular weight is 282 g/mol. The fraction of sp³-hybridized carbons (Fsp3) is 0.812. The van der Waals surface area contributed by atoms with Crippen LogP contribution in [0.1, 0.15) is 70.9 Å². The molecule has 0 aliphatic carbocycles. The van der Waals surface area contributed by atoms with Crippen molar-refractivity contribution in [1.82, 2.24) is 10.3 Å². The van der Waals surface area contributed by atoms with Crippen molar-refractivity contribution < 1.29 is 0 Å². The van der Waals surface area contributed by atoms with Crippen LogP contribution in [0.15, 0.2) is 10.9 Å². The van der Waals surface area contributed by atoms with Gasteiger partial charge in [0.25, 0.3) is 0 Å². The summed E-state index contributed by atoms with van der Waals surface area (Å²) >= 11 is 1.69. The molecule has 3 heteroatoms. The molecule has 0 aliphatic rings. The Balaban J connectivity index is 2.18. The molecule has 0 spiro atoms. The number of hydrogen-bond donors (Lipinski definition) is 1. The van der Waals surface area contributed by atoms with Crippen molar-refractivity contribution in [3.05, 3.63) is 16.6 Å². The predicted octanol–water partition coefficient (Wildman–Crippen LogP) is 4.80. The maximum atomic E-state index is 4.34. The van der Waals surface area contributed by atoms with E-state index in [1.54, 1.807) is 11.3 Å². The van der Waals surface area contributed by atoms with E-state index in [-0.39, 0.29) is 0 Å². The fourth-order valence-electron chi connectivity index (χ4n) is 2.40. The van der Waals surface area contributed by atoms with Crippen LogP contribution in [0.2, 0.25) is 0 Å². The lowest BCUT2D eigenvalue weighted by molar-refractivity contribution is 0.420. The van der Waals surface area contributed by atoms with Gasteiger partial charge in [0.05, 0.1) is 11.2 Å². The normalized spacial score (nSPS) is 11.3. The van der Waals surface area contributed by atoms with E-state index >= 15 is 0 Å². The molecule has 1 N–H and O–H groups in total. The molecule has 0 fully saturated rings. The zero-order chi connectivity index (χ0) is 13.8. The van der Waals surface area contributed by atoms with Crippen LogP contribution in [-0.4, -0.2) is 17.6 Å². The molecule has 0 bridgehead atoms. The van der Waals surface area contributed by atoms with E-state index in [9.17, 15) is 0 Å². The Morgan fingerprint density at radius 1 is 1.11 bits per heavy atom. The highest BCUT2D eigenvalue weighted by atomic mass is 32.1. The Bertz CT molecular complexity index is 275. The van der Waals surface area contributed by atoms with Crippen LogP contribution in [0, 0.1) is 0 Å². The highest BCUT2D eigenvalue weighted by Crippen LogP contribution is 2.11. The molecular formula is C16H30N2S. The summed E-state index contributed by atoms with van der Waals surface area (Å²) in [7, 11) is 0. The SMILES string of the molecule is CCCCCC(CCCCC)NCCc1cscn1. The van der Waals surface area contributed by atoms with Crippen LogP contribution < -0.4 is 5.32 Å². The number of unbranched alkanes of at least 4 members (excludes halogenated alkanes) is 4. The van der Waals surface area contributed by atoms with E-state index in [0.717, 1.165) is 19.0 Å². The third kappa shape index (κ3) is 8.38. The maximum absolute atomic E-state index is 4.34. The summed E-state index contributed by atoms with van der Waals surface area (Å²) in [5.41, 5.74) is 3.16. The van der Waals surface area contributed by atoms with Gasteiger partial charge in [-0.05, 0) is 12.8 Å². The van der Waals surface area contributed by atoms with Gasteiger partial charge in [0.2, 0.25) is 0 Å². The number of nitrogens with one attached hydrogen (secondary N) is 1. The average Bonchev–Trinajstić information content (AvgIpc) is 2.92. The molecule has 110 valence electrons. The lowest BCUT2D eigenvalue weighted by Gasteiger charge is -2.18. The van der Waals surface area contributed by atoms with Crippen molar-refractivity contribution >= 4 is 11.3 Å². The smallest absolute Gasteiger partial charge is 0.0794 e. The van der Waals surface area contributed by atoms with Gasteiger partial charge >= 0.3 is 0 Å². The minimum Gasteiger partial charge on any atom is -0.314 e. The molecule has 0 radical (unpaired) electrons. The topological polar surface area (TPSA) is 24.9 Å². The summed E-state index contributed by atoms with van der Waals surface area (Å²) in [5, 5.41) is 5.90. The van der Waals surface area contributed by atoms with Gasteiger partial charge in [0, 0.05) is 24.4 Å². The van der Waals surface area contributed by atoms with Crippen LogP contribution in [0.3, 0.4) is 0 Å².